The highest BCUT2D eigenvalue weighted by Gasteiger charge is 2.13. The van der Waals surface area contributed by atoms with E-state index in [1.807, 2.05) is 30.3 Å². The number of para-hydroxylation sites is 1. The predicted molar refractivity (Wildman–Crippen MR) is 103 cm³/mol. The second-order valence-electron chi connectivity index (χ2n) is 5.15. The molecular weight excluding hydrogens is 370 g/mol. The van der Waals surface area contributed by atoms with Gasteiger partial charge < -0.3 is 4.74 Å². The van der Waals surface area contributed by atoms with E-state index in [2.05, 4.69) is 25.8 Å². The zero-order valence-electron chi connectivity index (χ0n) is 13.6. The minimum atomic E-state index is -0.270. The van der Waals surface area contributed by atoms with Crippen LogP contribution in [0.2, 0.25) is 0 Å². The number of methoxy groups -OCH3 is 1. The minimum Gasteiger partial charge on any atom is -0.481 e. The van der Waals surface area contributed by atoms with Crippen LogP contribution in [-0.4, -0.2) is 28.0 Å². The van der Waals surface area contributed by atoms with Gasteiger partial charge in [0.05, 0.1) is 27.1 Å². The van der Waals surface area contributed by atoms with Crippen LogP contribution in [0.1, 0.15) is 9.67 Å². The number of nitrogens with zero attached hydrogens (tertiary/aromatic N) is 3. The summed E-state index contributed by atoms with van der Waals surface area (Å²) in [5.74, 6) is 0.389. The van der Waals surface area contributed by atoms with E-state index in [0.717, 1.165) is 20.1 Å². The Kier molecular flexibility index (Phi) is 4.46. The van der Waals surface area contributed by atoms with Crippen molar-refractivity contribution in [3.05, 3.63) is 53.5 Å². The highest BCUT2D eigenvalue weighted by atomic mass is 32.1. The van der Waals surface area contributed by atoms with Gasteiger partial charge in [-0.05, 0) is 24.3 Å². The lowest BCUT2D eigenvalue weighted by Crippen LogP contribution is -2.29. The zero-order chi connectivity index (χ0) is 17.9. The van der Waals surface area contributed by atoms with Gasteiger partial charge in [0.25, 0.3) is 5.91 Å². The molecule has 1 amide bonds. The molecule has 26 heavy (non-hydrogen) atoms. The van der Waals surface area contributed by atoms with Crippen LogP contribution >= 0.6 is 22.7 Å². The number of carbonyl (C=O) groups excluding carboxylic acids is 1. The van der Waals surface area contributed by atoms with Crippen molar-refractivity contribution in [1.29, 1.82) is 0 Å². The van der Waals surface area contributed by atoms with E-state index >= 15 is 0 Å². The summed E-state index contributed by atoms with van der Waals surface area (Å²) < 4.78 is 6.14. The van der Waals surface area contributed by atoms with Crippen molar-refractivity contribution in [2.45, 2.75) is 0 Å². The van der Waals surface area contributed by atoms with Gasteiger partial charge in [-0.2, -0.15) is 4.98 Å². The second-order valence-corrected chi connectivity index (χ2v) is 7.27. The van der Waals surface area contributed by atoms with E-state index in [-0.39, 0.29) is 11.9 Å². The Bertz CT molecular complexity index is 1040. The average Bonchev–Trinajstić information content (AvgIpc) is 3.33. The molecule has 0 aliphatic heterocycles. The lowest BCUT2D eigenvalue weighted by Gasteiger charge is -2.06. The number of nitrogens with one attached hydrogen (secondary N) is 2. The van der Waals surface area contributed by atoms with Gasteiger partial charge in [-0.15, -0.1) is 22.7 Å². The molecule has 0 radical (unpaired) electrons. The fourth-order valence-corrected chi connectivity index (χ4v) is 4.16. The molecule has 0 bridgehead atoms. The van der Waals surface area contributed by atoms with Gasteiger partial charge in [-0.25, -0.2) is 9.97 Å². The summed E-state index contributed by atoms with van der Waals surface area (Å²) in [5.41, 5.74) is 6.22. The molecule has 0 unspecified atom stereocenters. The van der Waals surface area contributed by atoms with Gasteiger partial charge in [0.1, 0.15) is 5.01 Å². The van der Waals surface area contributed by atoms with Gasteiger partial charge in [0, 0.05) is 12.3 Å². The number of fused-ring (bicyclic) bond motifs is 1. The number of carbonyl (C=O) groups is 1. The number of thiazole rings is 1. The van der Waals surface area contributed by atoms with Gasteiger partial charge in [0.2, 0.25) is 11.8 Å². The van der Waals surface area contributed by atoms with Crippen LogP contribution in [0.15, 0.2) is 48.7 Å². The van der Waals surface area contributed by atoms with E-state index in [0.29, 0.717) is 10.8 Å². The standard InChI is InChI=1S/C17H13N5O2S2/c1-24-14-8-9-18-17(20-14)22-21-15(23)12-6-7-13(25-12)16-19-10-4-2-3-5-11(10)26-16/h2-9H,1H3,(H,21,23)(H,18,20,22). The Hall–Kier alpha value is -3.04. The van der Waals surface area contributed by atoms with Crippen molar-refractivity contribution in [3.63, 3.8) is 0 Å². The number of anilines is 1. The number of ether oxygens (including phenoxy) is 1. The van der Waals surface area contributed by atoms with Gasteiger partial charge >= 0.3 is 0 Å². The van der Waals surface area contributed by atoms with Crippen molar-refractivity contribution in [2.24, 2.45) is 0 Å². The molecule has 0 fully saturated rings. The lowest BCUT2D eigenvalue weighted by atomic mass is 10.3. The monoisotopic (exact) mass is 383 g/mol. The summed E-state index contributed by atoms with van der Waals surface area (Å²) in [7, 11) is 1.51. The molecule has 0 saturated heterocycles. The summed E-state index contributed by atoms with van der Waals surface area (Å²) in [6.45, 7) is 0. The Balaban J connectivity index is 1.47. The number of benzene rings is 1. The maximum atomic E-state index is 12.3. The van der Waals surface area contributed by atoms with Crippen LogP contribution in [0.5, 0.6) is 5.88 Å². The third-order valence-electron chi connectivity index (χ3n) is 3.46. The molecular formula is C17H13N5O2S2. The minimum absolute atomic E-state index is 0.251. The number of rotatable bonds is 5. The highest BCUT2D eigenvalue weighted by Crippen LogP contribution is 2.34. The molecule has 0 aliphatic carbocycles. The molecule has 4 aromatic rings. The summed E-state index contributed by atoms with van der Waals surface area (Å²) in [4.78, 5) is 26.5. The summed E-state index contributed by atoms with van der Waals surface area (Å²) in [6, 6.07) is 13.3. The first-order chi connectivity index (χ1) is 12.7. The first kappa shape index (κ1) is 16.4. The number of hydrogen-bond acceptors (Lipinski definition) is 8. The maximum absolute atomic E-state index is 12.3. The highest BCUT2D eigenvalue weighted by molar-refractivity contribution is 7.26. The van der Waals surface area contributed by atoms with Crippen molar-refractivity contribution in [3.8, 4) is 15.8 Å². The molecule has 0 atom stereocenters. The Labute approximate surface area is 156 Å². The molecule has 0 spiro atoms. The second kappa shape index (κ2) is 7.06. The van der Waals surface area contributed by atoms with Crippen LogP contribution in [0.4, 0.5) is 5.95 Å². The van der Waals surface area contributed by atoms with E-state index in [9.17, 15) is 4.79 Å². The van der Waals surface area contributed by atoms with Crippen molar-refractivity contribution >= 4 is 44.7 Å². The van der Waals surface area contributed by atoms with E-state index in [1.165, 1.54) is 24.6 Å². The Morgan fingerprint density at radius 1 is 1.08 bits per heavy atom. The molecule has 0 aliphatic rings. The number of aromatic nitrogens is 3. The van der Waals surface area contributed by atoms with Crippen LogP contribution in [0.3, 0.4) is 0 Å². The number of hydrazine groups is 1. The largest absolute Gasteiger partial charge is 0.481 e. The maximum Gasteiger partial charge on any atom is 0.279 e. The van der Waals surface area contributed by atoms with Crippen LogP contribution in [-0.2, 0) is 0 Å². The average molecular weight is 383 g/mol. The molecule has 7 nitrogen and oxygen atoms in total. The molecule has 1 aromatic carbocycles. The zero-order valence-corrected chi connectivity index (χ0v) is 15.2. The molecule has 2 N–H and O–H groups in total. The fourth-order valence-electron chi connectivity index (χ4n) is 2.24. The third kappa shape index (κ3) is 3.35. The number of hydrogen-bond donors (Lipinski definition) is 2. The predicted octanol–water partition coefficient (Wildman–Crippen LogP) is 3.58. The topological polar surface area (TPSA) is 89.0 Å². The summed E-state index contributed by atoms with van der Waals surface area (Å²) in [5, 5.41) is 0.902. The Morgan fingerprint density at radius 2 is 1.96 bits per heavy atom. The van der Waals surface area contributed by atoms with Crippen molar-refractivity contribution < 1.29 is 9.53 Å². The third-order valence-corrected chi connectivity index (χ3v) is 5.75. The number of amides is 1. The first-order valence-electron chi connectivity index (χ1n) is 7.62. The molecule has 4 rings (SSSR count). The fraction of sp³-hybridized carbons (Fsp3) is 0.0588. The van der Waals surface area contributed by atoms with Crippen molar-refractivity contribution in [2.75, 3.05) is 12.5 Å². The molecule has 130 valence electrons. The first-order valence-corrected chi connectivity index (χ1v) is 9.25. The smallest absolute Gasteiger partial charge is 0.279 e. The van der Waals surface area contributed by atoms with Crippen LogP contribution in [0, 0.1) is 0 Å². The van der Waals surface area contributed by atoms with Crippen LogP contribution in [0.25, 0.3) is 20.1 Å². The van der Waals surface area contributed by atoms with Crippen LogP contribution < -0.4 is 15.6 Å². The normalized spacial score (nSPS) is 10.7. The molecule has 0 saturated carbocycles. The van der Waals surface area contributed by atoms with Crippen molar-refractivity contribution in [1.82, 2.24) is 20.4 Å². The SMILES string of the molecule is COc1ccnc(NNC(=O)c2ccc(-c3nc4ccccc4s3)s2)n1. The molecule has 3 heterocycles. The van der Waals surface area contributed by atoms with Gasteiger partial charge in [-0.3, -0.25) is 15.6 Å². The van der Waals surface area contributed by atoms with E-state index in [1.54, 1.807) is 23.5 Å². The van der Waals surface area contributed by atoms with E-state index in [4.69, 9.17) is 4.74 Å². The molecule has 3 aromatic heterocycles. The number of thiophene rings is 1. The Morgan fingerprint density at radius 3 is 2.81 bits per heavy atom. The lowest BCUT2D eigenvalue weighted by molar-refractivity contribution is 0.0966. The van der Waals surface area contributed by atoms with E-state index < -0.39 is 0 Å². The quantitative estimate of drug-likeness (QED) is 0.512. The van der Waals surface area contributed by atoms with Gasteiger partial charge in [0.15, 0.2) is 0 Å². The summed E-state index contributed by atoms with van der Waals surface area (Å²) >= 11 is 2.99. The van der Waals surface area contributed by atoms with Gasteiger partial charge in [-0.1, -0.05) is 12.1 Å². The summed E-state index contributed by atoms with van der Waals surface area (Å²) in [6.07, 6.45) is 1.54. The molecule has 9 heteroatoms.